The van der Waals surface area contributed by atoms with Crippen LogP contribution in [0.25, 0.3) is 0 Å². The highest BCUT2D eigenvalue weighted by Crippen LogP contribution is 2.20. The second-order valence-electron chi connectivity index (χ2n) is 4.21. The van der Waals surface area contributed by atoms with Crippen LogP contribution in [0.1, 0.15) is 46.0 Å². The molecule has 1 saturated heterocycles. The van der Waals surface area contributed by atoms with E-state index in [1.165, 1.54) is 45.2 Å². The molecule has 1 aliphatic rings. The normalized spacial score (nSPS) is 30.7. The summed E-state index contributed by atoms with van der Waals surface area (Å²) in [5, 5.41) is 0. The Morgan fingerprint density at radius 1 is 1.38 bits per heavy atom. The fourth-order valence-corrected chi connectivity index (χ4v) is 2.29. The average Bonchev–Trinajstić information content (AvgIpc) is 2.15. The van der Waals surface area contributed by atoms with Crippen LogP contribution in [-0.2, 0) is 0 Å². The Bertz CT molecular complexity index is 136. The molecule has 0 aromatic heterocycles. The Kier molecular flexibility index (Phi) is 4.74. The van der Waals surface area contributed by atoms with Crippen molar-refractivity contribution in [3.05, 3.63) is 0 Å². The summed E-state index contributed by atoms with van der Waals surface area (Å²) >= 11 is 0. The summed E-state index contributed by atoms with van der Waals surface area (Å²) in [5.74, 6) is 0. The van der Waals surface area contributed by atoms with Crippen LogP contribution in [-0.4, -0.2) is 30.1 Å². The van der Waals surface area contributed by atoms with Crippen molar-refractivity contribution in [2.75, 3.05) is 13.1 Å². The fraction of sp³-hybridized carbons (Fsp3) is 1.00. The van der Waals surface area contributed by atoms with Gasteiger partial charge >= 0.3 is 0 Å². The number of rotatable bonds is 4. The summed E-state index contributed by atoms with van der Waals surface area (Å²) in [6, 6.07) is 1.23. The van der Waals surface area contributed by atoms with Crippen LogP contribution < -0.4 is 5.73 Å². The van der Waals surface area contributed by atoms with Crippen LogP contribution in [0.4, 0.5) is 0 Å². The molecule has 0 aromatic rings. The third-order valence-electron chi connectivity index (χ3n) is 3.18. The second kappa shape index (κ2) is 5.61. The van der Waals surface area contributed by atoms with Crippen molar-refractivity contribution < 1.29 is 0 Å². The molecule has 1 fully saturated rings. The smallest absolute Gasteiger partial charge is 0.0110 e. The van der Waals surface area contributed by atoms with E-state index in [9.17, 15) is 0 Å². The Hall–Kier alpha value is -0.0800. The van der Waals surface area contributed by atoms with Gasteiger partial charge in [-0.2, -0.15) is 0 Å². The molecule has 0 aliphatic carbocycles. The molecule has 1 rings (SSSR count). The van der Waals surface area contributed by atoms with Gasteiger partial charge in [-0.3, -0.25) is 0 Å². The van der Waals surface area contributed by atoms with E-state index in [0.29, 0.717) is 6.04 Å². The molecule has 0 amide bonds. The summed E-state index contributed by atoms with van der Waals surface area (Å²) in [6.45, 7) is 6.93. The largest absolute Gasteiger partial charge is 0.328 e. The molecule has 0 radical (unpaired) electrons. The van der Waals surface area contributed by atoms with Gasteiger partial charge in [0.2, 0.25) is 0 Å². The molecule has 0 bridgehead atoms. The summed E-state index contributed by atoms with van der Waals surface area (Å²) in [5.41, 5.74) is 5.99. The van der Waals surface area contributed by atoms with Gasteiger partial charge in [-0.05, 0) is 32.4 Å². The van der Waals surface area contributed by atoms with E-state index in [4.69, 9.17) is 5.73 Å². The highest BCUT2D eigenvalue weighted by atomic mass is 15.2. The number of unbranched alkanes of at least 4 members (excludes halogenated alkanes) is 1. The van der Waals surface area contributed by atoms with Crippen LogP contribution in [0, 0.1) is 0 Å². The van der Waals surface area contributed by atoms with E-state index in [0.717, 1.165) is 6.04 Å². The maximum atomic E-state index is 5.99. The zero-order valence-corrected chi connectivity index (χ0v) is 9.13. The maximum Gasteiger partial charge on any atom is 0.0110 e. The van der Waals surface area contributed by atoms with Crippen molar-refractivity contribution in [2.24, 2.45) is 5.73 Å². The number of hydrogen-bond donors (Lipinski definition) is 1. The van der Waals surface area contributed by atoms with Crippen molar-refractivity contribution in [3.8, 4) is 0 Å². The monoisotopic (exact) mass is 184 g/mol. The lowest BCUT2D eigenvalue weighted by atomic mass is 9.94. The van der Waals surface area contributed by atoms with Gasteiger partial charge in [-0.1, -0.05) is 26.7 Å². The molecule has 13 heavy (non-hydrogen) atoms. The van der Waals surface area contributed by atoms with E-state index in [2.05, 4.69) is 18.7 Å². The Morgan fingerprint density at radius 2 is 2.15 bits per heavy atom. The third kappa shape index (κ3) is 3.28. The van der Waals surface area contributed by atoms with E-state index in [1.54, 1.807) is 0 Å². The Morgan fingerprint density at radius 3 is 2.77 bits per heavy atom. The van der Waals surface area contributed by atoms with Crippen molar-refractivity contribution in [3.63, 3.8) is 0 Å². The third-order valence-corrected chi connectivity index (χ3v) is 3.18. The molecule has 2 nitrogen and oxygen atoms in total. The number of nitrogens with zero attached hydrogens (tertiary/aromatic N) is 1. The van der Waals surface area contributed by atoms with Gasteiger partial charge in [0.15, 0.2) is 0 Å². The van der Waals surface area contributed by atoms with Crippen LogP contribution in [0.5, 0.6) is 0 Å². The highest BCUT2D eigenvalue weighted by molar-refractivity contribution is 4.82. The van der Waals surface area contributed by atoms with Crippen LogP contribution in [0.3, 0.4) is 0 Å². The van der Waals surface area contributed by atoms with E-state index < -0.39 is 0 Å². The minimum atomic E-state index is 0.463. The van der Waals surface area contributed by atoms with Gasteiger partial charge in [0.05, 0.1) is 0 Å². The van der Waals surface area contributed by atoms with Gasteiger partial charge in [0.25, 0.3) is 0 Å². The van der Waals surface area contributed by atoms with Crippen molar-refractivity contribution in [1.29, 1.82) is 0 Å². The summed E-state index contributed by atoms with van der Waals surface area (Å²) in [4.78, 5) is 2.60. The van der Waals surface area contributed by atoms with E-state index in [1.807, 2.05) is 0 Å². The first-order chi connectivity index (χ1) is 6.27. The average molecular weight is 184 g/mol. The first-order valence-corrected chi connectivity index (χ1v) is 5.77. The molecule has 0 spiro atoms. The SMILES string of the molecule is CCCCC1CC(N)CCN1CC. The molecule has 78 valence electrons. The first-order valence-electron chi connectivity index (χ1n) is 5.77. The van der Waals surface area contributed by atoms with Crippen molar-refractivity contribution in [2.45, 2.75) is 58.0 Å². The molecule has 2 heteroatoms. The predicted octanol–water partition coefficient (Wildman–Crippen LogP) is 1.99. The molecule has 1 aliphatic heterocycles. The summed E-state index contributed by atoms with van der Waals surface area (Å²) < 4.78 is 0. The summed E-state index contributed by atoms with van der Waals surface area (Å²) in [7, 11) is 0. The Labute approximate surface area is 82.5 Å². The lowest BCUT2D eigenvalue weighted by Crippen LogP contribution is -2.46. The zero-order valence-electron chi connectivity index (χ0n) is 9.13. The van der Waals surface area contributed by atoms with E-state index in [-0.39, 0.29) is 0 Å². The van der Waals surface area contributed by atoms with Gasteiger partial charge in [-0.25, -0.2) is 0 Å². The predicted molar refractivity (Wildman–Crippen MR) is 57.8 cm³/mol. The second-order valence-corrected chi connectivity index (χ2v) is 4.21. The van der Waals surface area contributed by atoms with Crippen LogP contribution in [0.15, 0.2) is 0 Å². The molecule has 0 saturated carbocycles. The number of likely N-dealkylation sites (tertiary alicyclic amines) is 1. The minimum Gasteiger partial charge on any atom is -0.328 e. The standard InChI is InChI=1S/C11H24N2/c1-3-5-6-11-9-10(12)7-8-13(11)4-2/h10-11H,3-9,12H2,1-2H3. The van der Waals surface area contributed by atoms with E-state index >= 15 is 0 Å². The molecule has 2 unspecified atom stereocenters. The lowest BCUT2D eigenvalue weighted by Gasteiger charge is -2.37. The molecular formula is C11H24N2. The number of nitrogens with two attached hydrogens (primary N) is 1. The molecule has 2 N–H and O–H groups in total. The highest BCUT2D eigenvalue weighted by Gasteiger charge is 2.24. The molecule has 0 aromatic carbocycles. The van der Waals surface area contributed by atoms with Gasteiger partial charge < -0.3 is 10.6 Å². The number of hydrogen-bond acceptors (Lipinski definition) is 2. The maximum absolute atomic E-state index is 5.99. The van der Waals surface area contributed by atoms with Crippen LogP contribution >= 0.6 is 0 Å². The first kappa shape index (κ1) is 11.0. The topological polar surface area (TPSA) is 29.3 Å². The van der Waals surface area contributed by atoms with Gasteiger partial charge in [0.1, 0.15) is 0 Å². The van der Waals surface area contributed by atoms with Crippen molar-refractivity contribution >= 4 is 0 Å². The molecule has 1 heterocycles. The fourth-order valence-electron chi connectivity index (χ4n) is 2.29. The van der Waals surface area contributed by atoms with Gasteiger partial charge in [-0.15, -0.1) is 0 Å². The molecular weight excluding hydrogens is 160 g/mol. The summed E-state index contributed by atoms with van der Waals surface area (Å²) in [6.07, 6.45) is 6.42. The minimum absolute atomic E-state index is 0.463. The zero-order chi connectivity index (χ0) is 9.68. The van der Waals surface area contributed by atoms with Crippen LogP contribution in [0.2, 0.25) is 0 Å². The van der Waals surface area contributed by atoms with Crippen molar-refractivity contribution in [1.82, 2.24) is 4.90 Å². The Balaban J connectivity index is 2.35. The number of piperidine rings is 1. The molecule has 2 atom stereocenters. The quantitative estimate of drug-likeness (QED) is 0.724. The van der Waals surface area contributed by atoms with Gasteiger partial charge in [0, 0.05) is 12.1 Å². The lowest BCUT2D eigenvalue weighted by molar-refractivity contribution is 0.133.